The average Bonchev–Trinajstić information content (AvgIpc) is 3.56. The van der Waals surface area contributed by atoms with Crippen LogP contribution in [0.2, 0.25) is 0 Å². The fourth-order valence-corrected chi connectivity index (χ4v) is 6.48. The summed E-state index contributed by atoms with van der Waals surface area (Å²) in [6, 6.07) is 14.8. The maximum absolute atomic E-state index is 13.4. The zero-order valence-corrected chi connectivity index (χ0v) is 19.6. The van der Waals surface area contributed by atoms with Gasteiger partial charge in [-0.1, -0.05) is 18.2 Å². The van der Waals surface area contributed by atoms with Gasteiger partial charge in [0.2, 0.25) is 10.0 Å². The van der Waals surface area contributed by atoms with Gasteiger partial charge in [-0.2, -0.15) is 4.31 Å². The Hall–Kier alpha value is -2.59. The van der Waals surface area contributed by atoms with Crippen LogP contribution in [0.3, 0.4) is 0 Å². The lowest BCUT2D eigenvalue weighted by Crippen LogP contribution is -2.38. The van der Waals surface area contributed by atoms with Crippen molar-refractivity contribution < 1.29 is 17.5 Å². The monoisotopic (exact) mass is 485 g/mol. The fraction of sp³-hybridized carbons (Fsp3) is 0.292. The third kappa shape index (κ3) is 4.72. The van der Waals surface area contributed by atoms with Crippen LogP contribution in [0.25, 0.3) is 16.2 Å². The minimum atomic E-state index is -3.64. The van der Waals surface area contributed by atoms with Gasteiger partial charge in [-0.25, -0.2) is 17.8 Å². The van der Waals surface area contributed by atoms with Gasteiger partial charge < -0.3 is 4.74 Å². The van der Waals surface area contributed by atoms with E-state index in [1.165, 1.54) is 23.5 Å². The zero-order valence-electron chi connectivity index (χ0n) is 17.9. The summed E-state index contributed by atoms with van der Waals surface area (Å²) in [4.78, 5) is 5.76. The number of hydrogen-bond acceptors (Lipinski definition) is 5. The van der Waals surface area contributed by atoms with E-state index in [0.717, 1.165) is 34.8 Å². The van der Waals surface area contributed by atoms with Crippen LogP contribution in [0.4, 0.5) is 4.39 Å². The van der Waals surface area contributed by atoms with Crippen molar-refractivity contribution in [1.82, 2.24) is 13.7 Å². The number of nitrogens with zero attached hydrogens (tertiary/aromatic N) is 3. The third-order valence-electron chi connectivity index (χ3n) is 5.85. The highest BCUT2D eigenvalue weighted by atomic mass is 32.2. The first kappa shape index (κ1) is 22.2. The lowest BCUT2D eigenvalue weighted by molar-refractivity contribution is 0.0939. The molecule has 1 atom stereocenters. The SMILES string of the molecule is O=S(=O)(c1ccccc1)N(CCc1csc2nc(-c3ccc(F)cc3)cn12)CC1CCCO1. The summed E-state index contributed by atoms with van der Waals surface area (Å²) < 4.78 is 49.3. The topological polar surface area (TPSA) is 63.9 Å². The van der Waals surface area contributed by atoms with E-state index in [0.29, 0.717) is 31.0 Å². The second kappa shape index (κ2) is 9.34. The molecule has 0 saturated carbocycles. The van der Waals surface area contributed by atoms with Crippen LogP contribution >= 0.6 is 11.3 Å². The summed E-state index contributed by atoms with van der Waals surface area (Å²) in [5.41, 5.74) is 2.58. The summed E-state index contributed by atoms with van der Waals surface area (Å²) >= 11 is 1.51. The van der Waals surface area contributed by atoms with Gasteiger partial charge in [0.25, 0.3) is 0 Å². The van der Waals surface area contributed by atoms with Crippen molar-refractivity contribution in [3.05, 3.63) is 77.7 Å². The first-order valence-corrected chi connectivity index (χ1v) is 13.2. The molecule has 9 heteroatoms. The molecule has 2 aromatic carbocycles. The average molecular weight is 486 g/mol. The Morgan fingerprint density at radius 2 is 1.94 bits per heavy atom. The number of thiazole rings is 1. The van der Waals surface area contributed by atoms with Gasteiger partial charge in [-0.3, -0.25) is 4.40 Å². The van der Waals surface area contributed by atoms with E-state index >= 15 is 0 Å². The Morgan fingerprint density at radius 1 is 1.15 bits per heavy atom. The number of imidazole rings is 1. The zero-order chi connectivity index (χ0) is 22.8. The number of sulfonamides is 1. The van der Waals surface area contributed by atoms with Crippen molar-refractivity contribution >= 4 is 26.3 Å². The highest BCUT2D eigenvalue weighted by molar-refractivity contribution is 7.89. The van der Waals surface area contributed by atoms with Crippen molar-refractivity contribution in [1.29, 1.82) is 0 Å². The van der Waals surface area contributed by atoms with E-state index in [-0.39, 0.29) is 11.9 Å². The fourth-order valence-electron chi connectivity index (χ4n) is 4.07. The van der Waals surface area contributed by atoms with Crippen molar-refractivity contribution in [3.63, 3.8) is 0 Å². The third-order valence-corrected chi connectivity index (χ3v) is 8.62. The molecule has 0 amide bonds. The predicted octanol–water partition coefficient (Wildman–Crippen LogP) is 4.61. The Morgan fingerprint density at radius 3 is 2.67 bits per heavy atom. The van der Waals surface area contributed by atoms with Gasteiger partial charge in [-0.15, -0.1) is 11.3 Å². The lowest BCUT2D eigenvalue weighted by atomic mass is 10.2. The molecule has 0 aliphatic carbocycles. The largest absolute Gasteiger partial charge is 0.377 e. The van der Waals surface area contributed by atoms with E-state index in [4.69, 9.17) is 4.74 Å². The van der Waals surface area contributed by atoms with Gasteiger partial charge in [0.1, 0.15) is 5.82 Å². The van der Waals surface area contributed by atoms with Gasteiger partial charge >= 0.3 is 0 Å². The molecule has 1 aliphatic heterocycles. The minimum Gasteiger partial charge on any atom is -0.377 e. The molecule has 172 valence electrons. The summed E-state index contributed by atoms with van der Waals surface area (Å²) in [6.07, 6.45) is 4.20. The molecule has 0 N–H and O–H groups in total. The molecule has 1 fully saturated rings. The number of rotatable bonds is 8. The van der Waals surface area contributed by atoms with Crippen LogP contribution in [0.15, 0.2) is 71.1 Å². The van der Waals surface area contributed by atoms with E-state index < -0.39 is 10.0 Å². The van der Waals surface area contributed by atoms with Crippen LogP contribution in [0, 0.1) is 5.82 Å². The first-order valence-electron chi connectivity index (χ1n) is 10.9. The number of aromatic nitrogens is 2. The van der Waals surface area contributed by atoms with Crippen LogP contribution in [-0.2, 0) is 21.2 Å². The van der Waals surface area contributed by atoms with E-state index in [1.54, 1.807) is 40.7 Å². The van der Waals surface area contributed by atoms with Crippen LogP contribution in [0.1, 0.15) is 18.5 Å². The number of benzene rings is 2. The summed E-state index contributed by atoms with van der Waals surface area (Å²) in [5.74, 6) is -0.286. The van der Waals surface area contributed by atoms with Gasteiger partial charge in [0, 0.05) is 49.0 Å². The smallest absolute Gasteiger partial charge is 0.243 e. The summed E-state index contributed by atoms with van der Waals surface area (Å²) in [5, 5.41) is 2.01. The van der Waals surface area contributed by atoms with Gasteiger partial charge in [0.05, 0.1) is 16.7 Å². The molecule has 0 bridgehead atoms. The summed E-state index contributed by atoms with van der Waals surface area (Å²) in [7, 11) is -3.64. The highest BCUT2D eigenvalue weighted by Gasteiger charge is 2.29. The molecule has 4 aromatic rings. The summed E-state index contributed by atoms with van der Waals surface area (Å²) in [6.45, 7) is 1.36. The Labute approximate surface area is 196 Å². The van der Waals surface area contributed by atoms with Crippen LogP contribution < -0.4 is 0 Å². The standard InChI is InChI=1S/C24H24FN3O3S2/c25-19-10-8-18(9-11-19)23-16-28-20(17-32-24(28)26-23)12-13-27(15-21-5-4-14-31-21)33(29,30)22-6-2-1-3-7-22/h1-3,6-11,16-17,21H,4-5,12-15H2. The van der Waals surface area contributed by atoms with E-state index in [1.807, 2.05) is 22.0 Å². The molecule has 1 aliphatic rings. The first-order chi connectivity index (χ1) is 16.0. The Kier molecular flexibility index (Phi) is 6.29. The Balaban J connectivity index is 1.39. The lowest BCUT2D eigenvalue weighted by Gasteiger charge is -2.24. The molecular formula is C24H24FN3O3S2. The molecule has 33 heavy (non-hydrogen) atoms. The Bertz CT molecular complexity index is 1330. The van der Waals surface area contributed by atoms with Crippen molar-refractivity contribution in [2.45, 2.75) is 30.3 Å². The molecule has 0 spiro atoms. The van der Waals surface area contributed by atoms with Crippen molar-refractivity contribution in [2.24, 2.45) is 0 Å². The molecule has 1 saturated heterocycles. The quantitative estimate of drug-likeness (QED) is 0.366. The van der Waals surface area contributed by atoms with Crippen molar-refractivity contribution in [3.8, 4) is 11.3 Å². The predicted molar refractivity (Wildman–Crippen MR) is 126 cm³/mol. The highest BCUT2D eigenvalue weighted by Crippen LogP contribution is 2.25. The maximum atomic E-state index is 13.4. The molecule has 6 nitrogen and oxygen atoms in total. The van der Waals surface area contributed by atoms with Crippen molar-refractivity contribution in [2.75, 3.05) is 19.7 Å². The van der Waals surface area contributed by atoms with E-state index in [9.17, 15) is 12.8 Å². The maximum Gasteiger partial charge on any atom is 0.243 e. The number of ether oxygens (including phenoxy) is 1. The number of hydrogen-bond donors (Lipinski definition) is 0. The normalized spacial score (nSPS) is 16.7. The minimum absolute atomic E-state index is 0.0793. The molecule has 2 aromatic heterocycles. The molecular weight excluding hydrogens is 461 g/mol. The van der Waals surface area contributed by atoms with Gasteiger partial charge in [-0.05, 0) is 49.2 Å². The number of halogens is 1. The second-order valence-corrected chi connectivity index (χ2v) is 10.8. The molecule has 3 heterocycles. The molecule has 5 rings (SSSR count). The number of fused-ring (bicyclic) bond motifs is 1. The van der Waals surface area contributed by atoms with Crippen LogP contribution in [-0.4, -0.2) is 47.9 Å². The van der Waals surface area contributed by atoms with E-state index in [2.05, 4.69) is 4.98 Å². The second-order valence-electron chi connectivity index (χ2n) is 8.07. The molecule has 0 radical (unpaired) electrons. The van der Waals surface area contributed by atoms with Gasteiger partial charge in [0.15, 0.2) is 4.96 Å². The van der Waals surface area contributed by atoms with Crippen LogP contribution in [0.5, 0.6) is 0 Å². The molecule has 1 unspecified atom stereocenters.